The fraction of sp³-hybridized carbons (Fsp3) is 0.636. The van der Waals surface area contributed by atoms with Gasteiger partial charge in [0.05, 0.1) is 6.61 Å². The lowest BCUT2D eigenvalue weighted by molar-refractivity contribution is -0.118. The second-order valence-electron chi connectivity index (χ2n) is 7.70. The summed E-state index contributed by atoms with van der Waals surface area (Å²) in [7, 11) is 2.04. The van der Waals surface area contributed by atoms with Gasteiger partial charge in [-0.3, -0.25) is 9.79 Å². The molecule has 2 aliphatic rings. The predicted molar refractivity (Wildman–Crippen MR) is 114 cm³/mol. The Hall–Kier alpha value is -2.08. The van der Waals surface area contributed by atoms with Crippen LogP contribution >= 0.6 is 0 Å². The van der Waals surface area contributed by atoms with Crippen molar-refractivity contribution in [3.8, 4) is 0 Å². The van der Waals surface area contributed by atoms with E-state index < -0.39 is 0 Å². The minimum absolute atomic E-state index is 0.201. The van der Waals surface area contributed by atoms with Gasteiger partial charge in [-0.25, -0.2) is 0 Å². The number of rotatable bonds is 10. The smallest absolute Gasteiger partial charge is 0.227 e. The van der Waals surface area contributed by atoms with Gasteiger partial charge in [0.2, 0.25) is 5.91 Å². The van der Waals surface area contributed by atoms with Crippen molar-refractivity contribution in [2.75, 3.05) is 51.3 Å². The first-order valence-electron chi connectivity index (χ1n) is 10.6. The number of aliphatic imine (C=N–C) groups is 1. The Bertz CT molecular complexity index is 672. The van der Waals surface area contributed by atoms with Crippen LogP contribution in [0, 0.1) is 5.92 Å². The number of para-hydroxylation sites is 1. The van der Waals surface area contributed by atoms with Crippen LogP contribution < -0.4 is 10.2 Å². The molecule has 3 rings (SSSR count). The molecule has 0 aromatic heterocycles. The molecule has 6 nitrogen and oxygen atoms in total. The first kappa shape index (κ1) is 20.6. The number of carbonyl (C=O) groups excluding carboxylic acids is 1. The van der Waals surface area contributed by atoms with E-state index in [1.54, 1.807) is 0 Å². The Balaban J connectivity index is 1.40. The lowest BCUT2D eigenvalue weighted by Gasteiger charge is -2.22. The van der Waals surface area contributed by atoms with Gasteiger partial charge in [0.25, 0.3) is 0 Å². The van der Waals surface area contributed by atoms with E-state index in [-0.39, 0.29) is 5.91 Å². The van der Waals surface area contributed by atoms with Gasteiger partial charge >= 0.3 is 0 Å². The topological polar surface area (TPSA) is 57.2 Å². The van der Waals surface area contributed by atoms with Crippen molar-refractivity contribution in [3.05, 3.63) is 29.8 Å². The van der Waals surface area contributed by atoms with Gasteiger partial charge in [-0.2, -0.15) is 0 Å². The number of hydrogen-bond donors (Lipinski definition) is 1. The summed E-state index contributed by atoms with van der Waals surface area (Å²) in [5, 5.41) is 3.33. The van der Waals surface area contributed by atoms with E-state index in [1.165, 1.54) is 18.4 Å². The molecule has 1 saturated carbocycles. The molecule has 1 aromatic rings. The maximum absolute atomic E-state index is 12.6. The molecule has 1 aromatic carbocycles. The molecule has 0 atom stereocenters. The summed E-state index contributed by atoms with van der Waals surface area (Å²) in [5.41, 5.74) is 2.35. The van der Waals surface area contributed by atoms with E-state index in [0.717, 1.165) is 63.3 Å². The van der Waals surface area contributed by atoms with Crippen LogP contribution in [-0.2, 0) is 16.0 Å². The first-order valence-corrected chi connectivity index (χ1v) is 10.6. The van der Waals surface area contributed by atoms with E-state index in [2.05, 4.69) is 28.2 Å². The van der Waals surface area contributed by atoms with E-state index in [9.17, 15) is 4.79 Å². The van der Waals surface area contributed by atoms with Gasteiger partial charge < -0.3 is 19.9 Å². The van der Waals surface area contributed by atoms with E-state index in [4.69, 9.17) is 4.74 Å². The molecule has 1 aliphatic carbocycles. The number of benzene rings is 1. The van der Waals surface area contributed by atoms with Gasteiger partial charge in [0.1, 0.15) is 0 Å². The van der Waals surface area contributed by atoms with Crippen LogP contribution in [0.1, 0.15) is 38.2 Å². The Labute approximate surface area is 168 Å². The summed E-state index contributed by atoms with van der Waals surface area (Å²) >= 11 is 0. The molecule has 0 unspecified atom stereocenters. The van der Waals surface area contributed by atoms with Gasteiger partial charge in [-0.1, -0.05) is 18.2 Å². The Morgan fingerprint density at radius 1 is 1.36 bits per heavy atom. The molecule has 1 heterocycles. The summed E-state index contributed by atoms with van der Waals surface area (Å²) in [5.74, 6) is 1.88. The van der Waals surface area contributed by atoms with E-state index in [0.29, 0.717) is 13.0 Å². The van der Waals surface area contributed by atoms with Crippen LogP contribution in [0.25, 0.3) is 0 Å². The average Bonchev–Trinajstić information content (AvgIpc) is 3.43. The van der Waals surface area contributed by atoms with Crippen LogP contribution in [0.3, 0.4) is 0 Å². The highest BCUT2D eigenvalue weighted by atomic mass is 16.5. The maximum atomic E-state index is 12.6. The van der Waals surface area contributed by atoms with Gasteiger partial charge in [0.15, 0.2) is 5.96 Å². The molecule has 0 saturated heterocycles. The number of carbonyl (C=O) groups is 1. The zero-order valence-corrected chi connectivity index (χ0v) is 17.3. The lowest BCUT2D eigenvalue weighted by atomic mass is 10.2. The number of fused-ring (bicyclic) bond motifs is 1. The van der Waals surface area contributed by atoms with Crippen LogP contribution in [0.2, 0.25) is 0 Å². The summed E-state index contributed by atoms with van der Waals surface area (Å²) in [6, 6.07) is 8.20. The fourth-order valence-corrected chi connectivity index (χ4v) is 3.46. The molecule has 1 fully saturated rings. The molecule has 1 N–H and O–H groups in total. The molecule has 28 heavy (non-hydrogen) atoms. The number of nitrogens with zero attached hydrogens (tertiary/aromatic N) is 3. The zero-order valence-electron chi connectivity index (χ0n) is 17.3. The molecular formula is C22H34N4O2. The number of hydrogen-bond acceptors (Lipinski definition) is 3. The predicted octanol–water partition coefficient (Wildman–Crippen LogP) is 2.68. The highest BCUT2D eigenvalue weighted by Gasteiger charge is 2.23. The number of anilines is 1. The molecule has 0 radical (unpaired) electrons. The summed E-state index contributed by atoms with van der Waals surface area (Å²) in [4.78, 5) is 21.3. The molecule has 154 valence electrons. The van der Waals surface area contributed by atoms with Crippen molar-refractivity contribution in [3.63, 3.8) is 0 Å². The monoisotopic (exact) mass is 386 g/mol. The standard InChI is InChI=1S/C22H34N4O2/c1-3-23-22(25(2)15-16-28-17-18-10-11-18)24-13-6-9-21(27)26-14-12-19-7-4-5-8-20(19)26/h4-5,7-8,18H,3,6,9-17H2,1-2H3,(H,23,24). The molecule has 0 spiro atoms. The third-order valence-corrected chi connectivity index (χ3v) is 5.32. The van der Waals surface area contributed by atoms with Crippen molar-refractivity contribution in [2.45, 2.75) is 39.0 Å². The third kappa shape index (κ3) is 5.96. The molecular weight excluding hydrogens is 352 g/mol. The van der Waals surface area contributed by atoms with E-state index >= 15 is 0 Å². The SMILES string of the molecule is CCNC(=NCCCC(=O)N1CCc2ccccc21)N(C)CCOCC1CC1. The number of nitrogens with one attached hydrogen (secondary N) is 1. The van der Waals surface area contributed by atoms with Crippen LogP contribution in [-0.4, -0.2) is 63.2 Å². The maximum Gasteiger partial charge on any atom is 0.227 e. The second-order valence-corrected chi connectivity index (χ2v) is 7.70. The normalized spacial score (nSPS) is 16.2. The number of ether oxygens (including phenoxy) is 1. The molecule has 6 heteroatoms. The van der Waals surface area contributed by atoms with Crippen LogP contribution in [0.4, 0.5) is 5.69 Å². The Kier molecular flexibility index (Phi) is 7.71. The lowest BCUT2D eigenvalue weighted by Crippen LogP contribution is -2.40. The second kappa shape index (κ2) is 10.5. The summed E-state index contributed by atoms with van der Waals surface area (Å²) in [6.07, 6.45) is 4.89. The molecule has 0 bridgehead atoms. The number of guanidine groups is 1. The first-order chi connectivity index (χ1) is 13.7. The number of amides is 1. The highest BCUT2D eigenvalue weighted by molar-refractivity contribution is 5.95. The summed E-state index contributed by atoms with van der Waals surface area (Å²) < 4.78 is 5.72. The van der Waals surface area contributed by atoms with Crippen LogP contribution in [0.5, 0.6) is 0 Å². The Morgan fingerprint density at radius 2 is 2.18 bits per heavy atom. The summed E-state index contributed by atoms with van der Waals surface area (Å²) in [6.45, 7) is 6.79. The van der Waals surface area contributed by atoms with Crippen molar-refractivity contribution >= 4 is 17.6 Å². The largest absolute Gasteiger partial charge is 0.379 e. The van der Waals surface area contributed by atoms with Gasteiger partial charge in [0, 0.05) is 51.9 Å². The van der Waals surface area contributed by atoms with Crippen molar-refractivity contribution in [1.82, 2.24) is 10.2 Å². The quantitative estimate of drug-likeness (QED) is 0.382. The minimum Gasteiger partial charge on any atom is -0.379 e. The number of likely N-dealkylation sites (N-methyl/N-ethyl adjacent to an activating group) is 1. The highest BCUT2D eigenvalue weighted by Crippen LogP contribution is 2.29. The Morgan fingerprint density at radius 3 is 2.96 bits per heavy atom. The van der Waals surface area contributed by atoms with Crippen molar-refractivity contribution < 1.29 is 9.53 Å². The van der Waals surface area contributed by atoms with E-state index in [1.807, 2.05) is 30.1 Å². The van der Waals surface area contributed by atoms with Crippen LogP contribution in [0.15, 0.2) is 29.3 Å². The van der Waals surface area contributed by atoms with Crippen molar-refractivity contribution in [2.24, 2.45) is 10.9 Å². The average molecular weight is 387 g/mol. The van der Waals surface area contributed by atoms with Gasteiger partial charge in [-0.05, 0) is 50.2 Å². The minimum atomic E-state index is 0.201. The van der Waals surface area contributed by atoms with Gasteiger partial charge in [-0.15, -0.1) is 0 Å². The van der Waals surface area contributed by atoms with Crippen molar-refractivity contribution in [1.29, 1.82) is 0 Å². The molecule has 1 aliphatic heterocycles. The fourth-order valence-electron chi connectivity index (χ4n) is 3.46. The third-order valence-electron chi connectivity index (χ3n) is 5.32. The molecule has 1 amide bonds. The zero-order chi connectivity index (χ0) is 19.8.